The molecule has 0 bridgehead atoms. The van der Waals surface area contributed by atoms with E-state index in [1.165, 1.54) is 0 Å². The topological polar surface area (TPSA) is 35.5 Å². The zero-order valence-corrected chi connectivity index (χ0v) is 12.8. The van der Waals surface area contributed by atoms with Gasteiger partial charge in [0.1, 0.15) is 11.5 Å². The van der Waals surface area contributed by atoms with Crippen LogP contribution in [0.4, 0.5) is 4.79 Å². The molecule has 0 N–H and O–H groups in total. The van der Waals surface area contributed by atoms with Gasteiger partial charge in [-0.1, -0.05) is 0 Å². The van der Waals surface area contributed by atoms with Crippen LogP contribution in [-0.2, 0) is 0 Å². The van der Waals surface area contributed by atoms with E-state index in [2.05, 4.69) is 0 Å². The van der Waals surface area contributed by atoms with Crippen LogP contribution < -0.4 is 9.47 Å². The van der Waals surface area contributed by atoms with Crippen LogP contribution >= 0.6 is 23.5 Å². The average Bonchev–Trinajstić information content (AvgIpc) is 2.49. The van der Waals surface area contributed by atoms with Crippen LogP contribution in [0.5, 0.6) is 11.5 Å². The molecule has 0 aliphatic rings. The summed E-state index contributed by atoms with van der Waals surface area (Å²) in [5.74, 6) is 0.932. The van der Waals surface area contributed by atoms with E-state index in [0.29, 0.717) is 11.5 Å². The van der Waals surface area contributed by atoms with E-state index in [1.807, 2.05) is 36.8 Å². The van der Waals surface area contributed by atoms with E-state index in [1.54, 1.807) is 47.8 Å². The maximum atomic E-state index is 11.6. The van der Waals surface area contributed by atoms with Gasteiger partial charge in [-0.2, -0.15) is 0 Å². The molecular weight excluding hydrogens is 292 g/mol. The molecule has 3 nitrogen and oxygen atoms in total. The van der Waals surface area contributed by atoms with Gasteiger partial charge in [-0.05, 0) is 61.0 Å². The summed E-state index contributed by atoms with van der Waals surface area (Å²) < 4.78 is 10.2. The highest BCUT2D eigenvalue weighted by atomic mass is 32.2. The fraction of sp³-hybridized carbons (Fsp3) is 0.133. The second kappa shape index (κ2) is 7.26. The largest absolute Gasteiger partial charge is 0.519 e. The molecule has 0 spiro atoms. The molecule has 0 unspecified atom stereocenters. The Morgan fingerprint density at radius 3 is 1.40 bits per heavy atom. The summed E-state index contributed by atoms with van der Waals surface area (Å²) >= 11 is 3.26. The van der Waals surface area contributed by atoms with Crippen molar-refractivity contribution in [2.75, 3.05) is 12.5 Å². The Kier molecular flexibility index (Phi) is 5.38. The van der Waals surface area contributed by atoms with Crippen molar-refractivity contribution in [2.45, 2.75) is 9.79 Å². The fourth-order valence-electron chi connectivity index (χ4n) is 1.50. The number of hydrogen-bond donors (Lipinski definition) is 0. The second-order valence-corrected chi connectivity index (χ2v) is 5.56. The van der Waals surface area contributed by atoms with Gasteiger partial charge in [0.25, 0.3) is 0 Å². The molecule has 0 fully saturated rings. The van der Waals surface area contributed by atoms with Gasteiger partial charge < -0.3 is 9.47 Å². The summed E-state index contributed by atoms with van der Waals surface area (Å²) in [4.78, 5) is 13.9. The standard InChI is InChI=1S/C15H14O3S2/c1-19-13-7-3-11(4-8-13)17-15(16)18-12-5-9-14(20-2)10-6-12/h3-10H,1-2H3. The Labute approximate surface area is 126 Å². The van der Waals surface area contributed by atoms with Gasteiger partial charge >= 0.3 is 6.16 Å². The van der Waals surface area contributed by atoms with Crippen molar-refractivity contribution in [3.63, 3.8) is 0 Å². The van der Waals surface area contributed by atoms with Gasteiger partial charge in [-0.25, -0.2) is 4.79 Å². The molecule has 0 heterocycles. The normalized spacial score (nSPS) is 10.1. The molecule has 0 radical (unpaired) electrons. The van der Waals surface area contributed by atoms with Gasteiger partial charge in [0.2, 0.25) is 0 Å². The highest BCUT2D eigenvalue weighted by Gasteiger charge is 2.07. The summed E-state index contributed by atoms with van der Waals surface area (Å²) in [5, 5.41) is 0. The molecule has 0 amide bonds. The first-order chi connectivity index (χ1) is 9.71. The third-order valence-electron chi connectivity index (χ3n) is 2.52. The van der Waals surface area contributed by atoms with Crippen LogP contribution in [0.2, 0.25) is 0 Å². The highest BCUT2D eigenvalue weighted by Crippen LogP contribution is 2.21. The van der Waals surface area contributed by atoms with Gasteiger partial charge in [-0.3, -0.25) is 0 Å². The van der Waals surface area contributed by atoms with Crippen molar-refractivity contribution in [1.82, 2.24) is 0 Å². The smallest absolute Gasteiger partial charge is 0.395 e. The van der Waals surface area contributed by atoms with Gasteiger partial charge in [0.15, 0.2) is 0 Å². The van der Waals surface area contributed by atoms with E-state index < -0.39 is 6.16 Å². The van der Waals surface area contributed by atoms with E-state index in [4.69, 9.17) is 9.47 Å². The lowest BCUT2D eigenvalue weighted by molar-refractivity contribution is 0.152. The number of carbonyl (C=O) groups is 1. The number of hydrogen-bond acceptors (Lipinski definition) is 5. The fourth-order valence-corrected chi connectivity index (χ4v) is 2.32. The van der Waals surface area contributed by atoms with Crippen LogP contribution in [0.3, 0.4) is 0 Å². The van der Waals surface area contributed by atoms with Crippen molar-refractivity contribution in [1.29, 1.82) is 0 Å². The Morgan fingerprint density at radius 2 is 1.10 bits per heavy atom. The molecule has 0 aromatic heterocycles. The Bertz CT molecular complexity index is 513. The summed E-state index contributed by atoms with van der Waals surface area (Å²) in [6, 6.07) is 14.5. The molecule has 2 aromatic carbocycles. The maximum absolute atomic E-state index is 11.6. The first-order valence-corrected chi connectivity index (χ1v) is 8.34. The van der Waals surface area contributed by atoms with Gasteiger partial charge in [-0.15, -0.1) is 23.5 Å². The predicted molar refractivity (Wildman–Crippen MR) is 83.1 cm³/mol. The number of thioether (sulfide) groups is 2. The first-order valence-electron chi connectivity index (χ1n) is 5.89. The molecule has 0 saturated heterocycles. The summed E-state index contributed by atoms with van der Waals surface area (Å²) in [7, 11) is 0. The molecule has 0 aliphatic carbocycles. The third kappa shape index (κ3) is 4.21. The average molecular weight is 306 g/mol. The molecule has 0 atom stereocenters. The molecule has 2 aromatic rings. The van der Waals surface area contributed by atoms with Crippen molar-refractivity contribution in [2.24, 2.45) is 0 Å². The van der Waals surface area contributed by atoms with E-state index >= 15 is 0 Å². The summed E-state index contributed by atoms with van der Waals surface area (Å²) in [6.07, 6.45) is 3.24. The molecule has 0 aliphatic heterocycles. The molecule has 104 valence electrons. The van der Waals surface area contributed by atoms with Crippen LogP contribution in [-0.4, -0.2) is 18.7 Å². The van der Waals surface area contributed by atoms with Crippen LogP contribution in [0.15, 0.2) is 58.3 Å². The molecule has 20 heavy (non-hydrogen) atoms. The molecule has 2 rings (SSSR count). The third-order valence-corrected chi connectivity index (χ3v) is 4.01. The lowest BCUT2D eigenvalue weighted by Crippen LogP contribution is -2.13. The number of carbonyl (C=O) groups excluding carboxylic acids is 1. The maximum Gasteiger partial charge on any atom is 0.519 e. The first kappa shape index (κ1) is 14.8. The molecule has 0 saturated carbocycles. The summed E-state index contributed by atoms with van der Waals surface area (Å²) in [6.45, 7) is 0. The molecular formula is C15H14O3S2. The van der Waals surface area contributed by atoms with E-state index in [9.17, 15) is 4.79 Å². The van der Waals surface area contributed by atoms with Crippen molar-refractivity contribution in [3.05, 3.63) is 48.5 Å². The molecule has 5 heteroatoms. The second-order valence-electron chi connectivity index (χ2n) is 3.81. The monoisotopic (exact) mass is 306 g/mol. The predicted octanol–water partition coefficient (Wildman–Crippen LogP) is 4.71. The van der Waals surface area contributed by atoms with Crippen LogP contribution in [0.25, 0.3) is 0 Å². The Balaban J connectivity index is 1.93. The SMILES string of the molecule is CSc1ccc(OC(=O)Oc2ccc(SC)cc2)cc1. The van der Waals surface area contributed by atoms with Crippen molar-refractivity contribution in [3.8, 4) is 11.5 Å². The van der Waals surface area contributed by atoms with Crippen molar-refractivity contribution < 1.29 is 14.3 Å². The number of rotatable bonds is 4. The van der Waals surface area contributed by atoms with Gasteiger partial charge in [0.05, 0.1) is 0 Å². The Morgan fingerprint density at radius 1 is 0.750 bits per heavy atom. The van der Waals surface area contributed by atoms with E-state index in [-0.39, 0.29) is 0 Å². The number of benzene rings is 2. The zero-order chi connectivity index (χ0) is 14.4. The quantitative estimate of drug-likeness (QED) is 0.464. The van der Waals surface area contributed by atoms with Gasteiger partial charge in [0, 0.05) is 9.79 Å². The van der Waals surface area contributed by atoms with Crippen LogP contribution in [0.1, 0.15) is 0 Å². The minimum atomic E-state index is -0.737. The van der Waals surface area contributed by atoms with Crippen molar-refractivity contribution >= 4 is 29.7 Å². The number of ether oxygens (including phenoxy) is 2. The zero-order valence-electron chi connectivity index (χ0n) is 11.2. The summed E-state index contributed by atoms with van der Waals surface area (Å²) in [5.41, 5.74) is 0. The van der Waals surface area contributed by atoms with Crippen LogP contribution in [0, 0.1) is 0 Å². The minimum Gasteiger partial charge on any atom is -0.395 e. The lowest BCUT2D eigenvalue weighted by Gasteiger charge is -2.06. The Hall–Kier alpha value is -1.59. The highest BCUT2D eigenvalue weighted by molar-refractivity contribution is 7.98. The van der Waals surface area contributed by atoms with E-state index in [0.717, 1.165) is 9.79 Å². The lowest BCUT2D eigenvalue weighted by atomic mass is 10.3. The minimum absolute atomic E-state index is 0.466.